The SMILES string of the molecule is CC1c2ccccc2-c2ccccc2N1C(=N)N(C)c1ccccc1. The van der Waals surface area contributed by atoms with E-state index in [9.17, 15) is 0 Å². The molecule has 0 aliphatic carbocycles. The van der Waals surface area contributed by atoms with Crippen LogP contribution < -0.4 is 9.80 Å². The Balaban J connectivity index is 1.81. The molecule has 3 nitrogen and oxygen atoms in total. The van der Waals surface area contributed by atoms with Gasteiger partial charge in [0, 0.05) is 18.3 Å². The van der Waals surface area contributed by atoms with E-state index < -0.39 is 0 Å². The quantitative estimate of drug-likeness (QED) is 0.485. The zero-order valence-electron chi connectivity index (χ0n) is 14.5. The second-order valence-corrected chi connectivity index (χ2v) is 6.37. The number of para-hydroxylation sites is 2. The van der Waals surface area contributed by atoms with Crippen LogP contribution in [0.2, 0.25) is 0 Å². The van der Waals surface area contributed by atoms with Crippen LogP contribution in [-0.4, -0.2) is 13.0 Å². The van der Waals surface area contributed by atoms with Crippen molar-refractivity contribution in [2.75, 3.05) is 16.8 Å². The fourth-order valence-electron chi connectivity index (χ4n) is 3.60. The molecule has 3 heteroatoms. The van der Waals surface area contributed by atoms with E-state index in [2.05, 4.69) is 54.3 Å². The van der Waals surface area contributed by atoms with Crippen LogP contribution in [0.25, 0.3) is 11.1 Å². The standard InChI is InChI=1S/C22H21N3/c1-16-18-12-6-7-13-19(18)20-14-8-9-15-21(20)25(16)22(23)24(2)17-10-4-3-5-11-17/h3-16,23H,1-2H3. The molecule has 1 atom stereocenters. The van der Waals surface area contributed by atoms with Gasteiger partial charge in [-0.1, -0.05) is 60.7 Å². The van der Waals surface area contributed by atoms with Gasteiger partial charge in [-0.05, 0) is 36.2 Å². The highest BCUT2D eigenvalue weighted by atomic mass is 15.4. The Hall–Kier alpha value is -3.07. The van der Waals surface area contributed by atoms with E-state index in [0.717, 1.165) is 11.4 Å². The monoisotopic (exact) mass is 327 g/mol. The summed E-state index contributed by atoms with van der Waals surface area (Å²) in [5.74, 6) is 0.473. The van der Waals surface area contributed by atoms with Crippen molar-refractivity contribution in [2.24, 2.45) is 0 Å². The Morgan fingerprint density at radius 3 is 2.20 bits per heavy atom. The first-order chi connectivity index (χ1) is 12.2. The first kappa shape index (κ1) is 15.5. The Morgan fingerprint density at radius 1 is 0.840 bits per heavy atom. The molecule has 0 fully saturated rings. The molecule has 1 aliphatic rings. The van der Waals surface area contributed by atoms with Crippen LogP contribution in [0.3, 0.4) is 0 Å². The van der Waals surface area contributed by atoms with Crippen LogP contribution in [0.15, 0.2) is 78.9 Å². The summed E-state index contributed by atoms with van der Waals surface area (Å²) in [6, 6.07) is 27.0. The van der Waals surface area contributed by atoms with E-state index in [0.29, 0.717) is 5.96 Å². The third-order valence-corrected chi connectivity index (χ3v) is 4.94. The molecular weight excluding hydrogens is 306 g/mol. The van der Waals surface area contributed by atoms with Crippen LogP contribution in [-0.2, 0) is 0 Å². The number of benzene rings is 3. The number of fused-ring (bicyclic) bond motifs is 3. The van der Waals surface area contributed by atoms with Crippen LogP contribution in [0.4, 0.5) is 11.4 Å². The van der Waals surface area contributed by atoms with Crippen LogP contribution >= 0.6 is 0 Å². The summed E-state index contributed by atoms with van der Waals surface area (Å²) >= 11 is 0. The van der Waals surface area contributed by atoms with Gasteiger partial charge in [0.25, 0.3) is 0 Å². The number of hydrogen-bond acceptors (Lipinski definition) is 1. The number of nitrogens with one attached hydrogen (secondary N) is 1. The average molecular weight is 327 g/mol. The van der Waals surface area contributed by atoms with Gasteiger partial charge in [0.05, 0.1) is 11.7 Å². The Kier molecular flexibility index (Phi) is 3.77. The largest absolute Gasteiger partial charge is 0.316 e. The molecule has 1 aliphatic heterocycles. The fraction of sp³-hybridized carbons (Fsp3) is 0.136. The van der Waals surface area contributed by atoms with Crippen molar-refractivity contribution in [3.63, 3.8) is 0 Å². The summed E-state index contributed by atoms with van der Waals surface area (Å²) in [6.07, 6.45) is 0. The molecule has 1 unspecified atom stereocenters. The van der Waals surface area contributed by atoms with Gasteiger partial charge in [-0.15, -0.1) is 0 Å². The van der Waals surface area contributed by atoms with E-state index in [1.54, 1.807) is 0 Å². The molecule has 0 saturated heterocycles. The van der Waals surface area contributed by atoms with Crippen LogP contribution in [0, 0.1) is 5.41 Å². The number of nitrogens with zero attached hydrogens (tertiary/aromatic N) is 2. The third kappa shape index (κ3) is 2.49. The summed E-state index contributed by atoms with van der Waals surface area (Å²) < 4.78 is 0. The van der Waals surface area contributed by atoms with Gasteiger partial charge in [-0.25, -0.2) is 0 Å². The Bertz CT molecular complexity index is 917. The summed E-state index contributed by atoms with van der Waals surface area (Å²) in [5, 5.41) is 8.88. The van der Waals surface area contributed by atoms with Gasteiger partial charge in [-0.2, -0.15) is 0 Å². The molecule has 4 rings (SSSR count). The van der Waals surface area contributed by atoms with E-state index in [1.807, 2.05) is 48.3 Å². The summed E-state index contributed by atoms with van der Waals surface area (Å²) in [5.41, 5.74) is 5.80. The lowest BCUT2D eigenvalue weighted by Gasteiger charge is -2.40. The Morgan fingerprint density at radius 2 is 1.44 bits per heavy atom. The topological polar surface area (TPSA) is 30.3 Å². The van der Waals surface area contributed by atoms with Gasteiger partial charge in [-0.3, -0.25) is 5.41 Å². The first-order valence-corrected chi connectivity index (χ1v) is 8.53. The highest BCUT2D eigenvalue weighted by Gasteiger charge is 2.31. The lowest BCUT2D eigenvalue weighted by molar-refractivity contribution is 0.771. The molecule has 0 spiro atoms. The zero-order chi connectivity index (χ0) is 17.4. The van der Waals surface area contributed by atoms with Crippen LogP contribution in [0.5, 0.6) is 0 Å². The minimum atomic E-state index is 0.102. The lowest BCUT2D eigenvalue weighted by Crippen LogP contribution is -2.45. The maximum atomic E-state index is 8.88. The van der Waals surface area contributed by atoms with Crippen molar-refractivity contribution in [3.05, 3.63) is 84.4 Å². The molecule has 3 aromatic rings. The highest BCUT2D eigenvalue weighted by molar-refractivity contribution is 6.08. The molecule has 1 N–H and O–H groups in total. The predicted molar refractivity (Wildman–Crippen MR) is 105 cm³/mol. The van der Waals surface area contributed by atoms with Crippen molar-refractivity contribution < 1.29 is 0 Å². The number of rotatable bonds is 1. The summed E-state index contributed by atoms with van der Waals surface area (Å²) in [4.78, 5) is 4.05. The maximum Gasteiger partial charge on any atom is 0.203 e. The Labute approximate surface area is 148 Å². The summed E-state index contributed by atoms with van der Waals surface area (Å²) in [6.45, 7) is 2.17. The van der Waals surface area contributed by atoms with E-state index in [4.69, 9.17) is 5.41 Å². The molecule has 25 heavy (non-hydrogen) atoms. The molecule has 0 amide bonds. The average Bonchev–Trinajstić information content (AvgIpc) is 2.68. The smallest absolute Gasteiger partial charge is 0.203 e. The molecular formula is C22H21N3. The van der Waals surface area contributed by atoms with E-state index in [1.165, 1.54) is 16.7 Å². The van der Waals surface area contributed by atoms with Crippen molar-refractivity contribution >= 4 is 17.3 Å². The van der Waals surface area contributed by atoms with Crippen molar-refractivity contribution in [3.8, 4) is 11.1 Å². The molecule has 1 heterocycles. The van der Waals surface area contributed by atoms with E-state index in [-0.39, 0.29) is 6.04 Å². The summed E-state index contributed by atoms with van der Waals surface area (Å²) in [7, 11) is 1.95. The first-order valence-electron chi connectivity index (χ1n) is 8.53. The molecule has 0 aromatic heterocycles. The molecule has 0 saturated carbocycles. The van der Waals surface area contributed by atoms with Gasteiger partial charge < -0.3 is 9.80 Å². The lowest BCUT2D eigenvalue weighted by atomic mass is 9.89. The molecule has 124 valence electrons. The normalized spacial score (nSPS) is 15.3. The second kappa shape index (κ2) is 6.10. The fourth-order valence-corrected chi connectivity index (χ4v) is 3.60. The van der Waals surface area contributed by atoms with Crippen molar-refractivity contribution in [1.82, 2.24) is 0 Å². The number of hydrogen-bond donors (Lipinski definition) is 1. The molecule has 0 bridgehead atoms. The van der Waals surface area contributed by atoms with Crippen molar-refractivity contribution in [1.29, 1.82) is 5.41 Å². The van der Waals surface area contributed by atoms with Gasteiger partial charge in [0.2, 0.25) is 5.96 Å². The minimum absolute atomic E-state index is 0.102. The van der Waals surface area contributed by atoms with Gasteiger partial charge in [0.15, 0.2) is 0 Å². The number of guanidine groups is 1. The van der Waals surface area contributed by atoms with E-state index >= 15 is 0 Å². The maximum absolute atomic E-state index is 8.88. The highest BCUT2D eigenvalue weighted by Crippen LogP contribution is 2.44. The molecule has 3 aromatic carbocycles. The van der Waals surface area contributed by atoms with Gasteiger partial charge >= 0.3 is 0 Å². The second-order valence-electron chi connectivity index (χ2n) is 6.37. The van der Waals surface area contributed by atoms with Gasteiger partial charge in [0.1, 0.15) is 0 Å². The third-order valence-electron chi connectivity index (χ3n) is 4.94. The zero-order valence-corrected chi connectivity index (χ0v) is 14.5. The van der Waals surface area contributed by atoms with Crippen LogP contribution in [0.1, 0.15) is 18.5 Å². The van der Waals surface area contributed by atoms with Crippen molar-refractivity contribution in [2.45, 2.75) is 13.0 Å². The number of anilines is 2. The predicted octanol–water partition coefficient (Wildman–Crippen LogP) is 5.31. The minimum Gasteiger partial charge on any atom is -0.316 e. The molecule has 0 radical (unpaired) electrons.